The van der Waals surface area contributed by atoms with Gasteiger partial charge in [0.15, 0.2) is 0 Å². The van der Waals surface area contributed by atoms with E-state index in [1.807, 2.05) is 12.1 Å². The number of hydrogen-bond acceptors (Lipinski definition) is 5. The third-order valence-corrected chi connectivity index (χ3v) is 8.00. The van der Waals surface area contributed by atoms with Gasteiger partial charge >= 0.3 is 5.97 Å². The number of imidazole rings is 1. The molecule has 40 heavy (non-hydrogen) atoms. The van der Waals surface area contributed by atoms with Crippen molar-refractivity contribution in [1.29, 1.82) is 0 Å². The molecule has 0 spiro atoms. The number of fused-ring (bicyclic) bond motifs is 1. The number of carbonyl (C=O) groups is 1. The first-order chi connectivity index (χ1) is 20.2. The van der Waals surface area contributed by atoms with Gasteiger partial charge < -0.3 is 19.1 Å². The molecule has 0 bridgehead atoms. The van der Waals surface area contributed by atoms with E-state index >= 15 is 0 Å². The third-order valence-electron chi connectivity index (χ3n) is 7.77. The van der Waals surface area contributed by atoms with Crippen molar-refractivity contribution in [3.63, 3.8) is 0 Å². The molecule has 7 nitrogen and oxygen atoms in total. The van der Waals surface area contributed by atoms with Crippen LogP contribution >= 0.6 is 11.6 Å². The Hall–Kier alpha value is -3.46. The fraction of sp³-hybridized carbons (Fsp3) is 0.355. The molecular weight excluding hydrogens is 533 g/mol. The number of halogens is 2. The Morgan fingerprint density at radius 2 is 1.95 bits per heavy atom. The summed E-state index contributed by atoms with van der Waals surface area (Å²) in [6.07, 6.45) is 2.72. The van der Waals surface area contributed by atoms with Gasteiger partial charge in [0.2, 0.25) is 0 Å². The van der Waals surface area contributed by atoms with Crippen LogP contribution < -0.4 is 4.74 Å². The fourth-order valence-corrected chi connectivity index (χ4v) is 5.62. The van der Waals surface area contributed by atoms with E-state index in [0.717, 1.165) is 67.4 Å². The maximum atomic E-state index is 14.5. The predicted molar refractivity (Wildman–Crippen MR) is 150 cm³/mol. The van der Waals surface area contributed by atoms with Gasteiger partial charge in [-0.15, -0.1) is 0 Å². The number of carboxylic acid groups (broad SMARTS) is 1. The number of likely N-dealkylation sites (tertiary alicyclic amines) is 1. The Balaban J connectivity index is 1.17. The number of benzene rings is 3. The second kappa shape index (κ2) is 11.6. The molecule has 2 aliphatic rings. The Morgan fingerprint density at radius 3 is 2.67 bits per heavy atom. The largest absolute Gasteiger partial charge is 0.489 e. The predicted octanol–water partition coefficient (Wildman–Crippen LogP) is 6.27. The number of carboxylic acids is 1. The summed E-state index contributed by atoms with van der Waals surface area (Å²) in [5, 5.41) is 9.70. The van der Waals surface area contributed by atoms with Gasteiger partial charge in [0, 0.05) is 17.2 Å². The van der Waals surface area contributed by atoms with Gasteiger partial charge in [0.25, 0.3) is 0 Å². The number of aromatic carboxylic acids is 1. The molecule has 2 aliphatic heterocycles. The molecule has 0 radical (unpaired) electrons. The summed E-state index contributed by atoms with van der Waals surface area (Å²) in [5.41, 5.74) is 2.48. The summed E-state index contributed by atoms with van der Waals surface area (Å²) in [5.74, 6) is -0.310. The van der Waals surface area contributed by atoms with E-state index in [-0.39, 0.29) is 28.2 Å². The number of ether oxygens (including phenoxy) is 2. The molecule has 2 saturated heterocycles. The average Bonchev–Trinajstić information content (AvgIpc) is 3.27. The normalized spacial score (nSPS) is 19.2. The molecule has 1 atom stereocenters. The summed E-state index contributed by atoms with van der Waals surface area (Å²) in [7, 11) is 0. The topological polar surface area (TPSA) is 76.8 Å². The smallest absolute Gasteiger partial charge is 0.335 e. The molecule has 9 heteroatoms. The Morgan fingerprint density at radius 1 is 1.15 bits per heavy atom. The highest BCUT2D eigenvalue weighted by Crippen LogP contribution is 2.35. The van der Waals surface area contributed by atoms with Crippen LogP contribution in [-0.2, 0) is 24.4 Å². The highest BCUT2D eigenvalue weighted by atomic mass is 35.5. The van der Waals surface area contributed by atoms with Crippen LogP contribution in [0.25, 0.3) is 11.0 Å². The second-order valence-electron chi connectivity index (χ2n) is 10.3. The van der Waals surface area contributed by atoms with E-state index in [0.29, 0.717) is 18.8 Å². The minimum Gasteiger partial charge on any atom is -0.489 e. The molecule has 0 aliphatic carbocycles. The number of hydrogen-bond donors (Lipinski definition) is 1. The highest BCUT2D eigenvalue weighted by molar-refractivity contribution is 6.30. The lowest BCUT2D eigenvalue weighted by Gasteiger charge is -2.33. The summed E-state index contributed by atoms with van der Waals surface area (Å²) in [6, 6.07) is 16.2. The van der Waals surface area contributed by atoms with E-state index in [2.05, 4.69) is 9.47 Å². The van der Waals surface area contributed by atoms with Crippen LogP contribution in [0.4, 0.5) is 4.39 Å². The number of piperidine rings is 1. The van der Waals surface area contributed by atoms with Gasteiger partial charge in [-0.3, -0.25) is 4.90 Å². The molecule has 2 fully saturated rings. The number of nitrogens with zero attached hydrogens (tertiary/aromatic N) is 3. The summed E-state index contributed by atoms with van der Waals surface area (Å²) in [6.45, 7) is 1.19. The first-order valence-corrected chi connectivity index (χ1v) is 13.9. The van der Waals surface area contributed by atoms with Crippen LogP contribution in [0.1, 0.15) is 55.2 Å². The maximum Gasteiger partial charge on any atom is 0.335 e. The van der Waals surface area contributed by atoms with Crippen molar-refractivity contribution in [2.75, 3.05) is 19.7 Å². The average molecular weight is 566 g/mol. The summed E-state index contributed by atoms with van der Waals surface area (Å²) < 4.78 is 45.0. The first kappa shape index (κ1) is 24.3. The summed E-state index contributed by atoms with van der Waals surface area (Å²) >= 11 is 5.86. The molecule has 1 aromatic heterocycles. The summed E-state index contributed by atoms with van der Waals surface area (Å²) in [4.78, 5) is 18.8. The fourth-order valence-electron chi connectivity index (χ4n) is 5.46. The van der Waals surface area contributed by atoms with Crippen molar-refractivity contribution in [3.05, 3.63) is 94.0 Å². The second-order valence-corrected chi connectivity index (χ2v) is 10.8. The van der Waals surface area contributed by atoms with Crippen molar-refractivity contribution in [2.45, 2.75) is 50.9 Å². The Kier molecular flexibility index (Phi) is 7.04. The van der Waals surface area contributed by atoms with Crippen LogP contribution in [0.5, 0.6) is 5.75 Å². The zero-order chi connectivity index (χ0) is 29.4. The molecule has 3 aromatic carbocycles. The number of para-hydroxylation sites is 1. The molecule has 208 valence electrons. The minimum absolute atomic E-state index is 0.0967. The number of aromatic nitrogens is 2. The van der Waals surface area contributed by atoms with Crippen LogP contribution in [0, 0.1) is 5.82 Å². The van der Waals surface area contributed by atoms with E-state index in [1.54, 1.807) is 30.3 Å². The van der Waals surface area contributed by atoms with Crippen LogP contribution in [0.15, 0.2) is 60.7 Å². The zero-order valence-electron chi connectivity index (χ0n) is 23.9. The lowest BCUT2D eigenvalue weighted by Crippen LogP contribution is -2.35. The van der Waals surface area contributed by atoms with Crippen molar-refractivity contribution >= 4 is 28.6 Å². The first-order valence-electron chi connectivity index (χ1n) is 14.5. The molecular formula is C31H31ClFN3O4. The van der Waals surface area contributed by atoms with Crippen molar-refractivity contribution in [3.8, 4) is 5.75 Å². The highest BCUT2D eigenvalue weighted by Gasteiger charge is 2.26. The van der Waals surface area contributed by atoms with Crippen LogP contribution in [0.3, 0.4) is 0 Å². The van der Waals surface area contributed by atoms with Gasteiger partial charge in [-0.05, 0) is 80.2 Å². The van der Waals surface area contributed by atoms with Crippen molar-refractivity contribution in [1.82, 2.24) is 14.5 Å². The Labute approximate surface area is 239 Å². The molecule has 0 saturated carbocycles. The van der Waals surface area contributed by atoms with Crippen LogP contribution in [0.2, 0.25) is 5.02 Å². The van der Waals surface area contributed by atoms with E-state index in [1.165, 1.54) is 12.1 Å². The molecule has 3 heterocycles. The van der Waals surface area contributed by atoms with E-state index in [9.17, 15) is 14.3 Å². The van der Waals surface area contributed by atoms with Crippen LogP contribution in [-0.4, -0.2) is 51.3 Å². The van der Waals surface area contributed by atoms with Gasteiger partial charge in [-0.25, -0.2) is 14.2 Å². The zero-order valence-corrected chi connectivity index (χ0v) is 22.6. The van der Waals surface area contributed by atoms with E-state index in [4.69, 9.17) is 28.8 Å². The molecule has 0 unspecified atom stereocenters. The van der Waals surface area contributed by atoms with Gasteiger partial charge in [0.05, 0.1) is 38.5 Å². The quantitative estimate of drug-likeness (QED) is 0.258. The molecule has 4 aromatic rings. The molecule has 0 amide bonds. The van der Waals surface area contributed by atoms with Crippen molar-refractivity contribution < 1.29 is 26.5 Å². The molecule has 6 rings (SSSR count). The van der Waals surface area contributed by atoms with Gasteiger partial charge in [-0.1, -0.05) is 35.9 Å². The third kappa shape index (κ3) is 5.70. The minimum atomic E-state index is -2.38. The lowest BCUT2D eigenvalue weighted by atomic mass is 9.89. The van der Waals surface area contributed by atoms with Crippen molar-refractivity contribution in [2.24, 2.45) is 0 Å². The number of rotatable bonds is 9. The lowest BCUT2D eigenvalue weighted by molar-refractivity contribution is -0.0592. The van der Waals surface area contributed by atoms with Gasteiger partial charge in [0.1, 0.15) is 24.0 Å². The van der Waals surface area contributed by atoms with E-state index < -0.39 is 18.3 Å². The SMILES string of the molecule is [2H]C([2H])(Oc1ccccc1C1CCN(Cc2nc3ccc(C(=O)O)cc3n2C[C@@H]2CCO2)CC1)c1ccc(Cl)cc1F. The molecule has 1 N–H and O–H groups in total. The standard InChI is InChI=1S/C31H31ClFN3O4/c32-23-7-5-22(26(33)16-23)19-40-29-4-2-1-3-25(29)20-9-12-35(13-10-20)18-30-34-27-8-6-21(31(37)38)15-28(27)36(30)17-24-11-14-39-24/h1-8,15-16,20,24H,9-14,17-19H2,(H,37,38)/t24-/m0/s1/i19D2. The Bertz CT molecular complexity index is 1620. The van der Waals surface area contributed by atoms with Gasteiger partial charge in [-0.2, -0.15) is 0 Å². The monoisotopic (exact) mass is 565 g/mol. The maximum absolute atomic E-state index is 14.5.